The Morgan fingerprint density at radius 1 is 1.83 bits per heavy atom. The molecule has 0 radical (unpaired) electrons. The second-order valence-corrected chi connectivity index (χ2v) is 2.00. The largest absolute Gasteiger partial charge is 0.298 e. The second kappa shape index (κ2) is 1.23. The van der Waals surface area contributed by atoms with E-state index < -0.39 is 0 Å². The lowest BCUT2D eigenvalue weighted by atomic mass is 9.98. The van der Waals surface area contributed by atoms with Crippen LogP contribution in [0.4, 0.5) is 0 Å². The van der Waals surface area contributed by atoms with E-state index in [-0.39, 0.29) is 11.2 Å². The summed E-state index contributed by atoms with van der Waals surface area (Å²) in [5, 5.41) is -0.134. The van der Waals surface area contributed by atoms with Gasteiger partial charge in [-0.25, -0.2) is 0 Å². The lowest BCUT2D eigenvalue weighted by Crippen LogP contribution is -2.25. The first kappa shape index (κ1) is 4.13. The highest BCUT2D eigenvalue weighted by Crippen LogP contribution is 2.19. The Morgan fingerprint density at radius 2 is 2.33 bits per heavy atom. The van der Waals surface area contributed by atoms with E-state index in [0.29, 0.717) is 6.42 Å². The zero-order chi connectivity index (χ0) is 4.57. The van der Waals surface area contributed by atoms with E-state index in [0.717, 1.165) is 6.42 Å². The van der Waals surface area contributed by atoms with Gasteiger partial charge in [0.05, 0.1) is 5.38 Å². The van der Waals surface area contributed by atoms with E-state index in [1.54, 1.807) is 0 Å². The number of Topliss-reactive ketones (excluding diaryl/α,β-unsaturated/α-hetero) is 1. The zero-order valence-electron chi connectivity index (χ0n) is 3.28. The zero-order valence-corrected chi connectivity index (χ0v) is 4.03. The molecule has 34 valence electrons. The fraction of sp³-hybridized carbons (Fsp3) is 0.750. The van der Waals surface area contributed by atoms with E-state index >= 15 is 0 Å². The average Bonchev–Trinajstić information content (AvgIpc) is 1.61. The molecule has 2 heteroatoms. The molecule has 0 N–H and O–H groups in total. The van der Waals surface area contributed by atoms with Gasteiger partial charge in [0.1, 0.15) is 0 Å². The van der Waals surface area contributed by atoms with Crippen molar-refractivity contribution in [2.45, 2.75) is 18.2 Å². The number of ketones is 1. The van der Waals surface area contributed by atoms with Gasteiger partial charge in [0.25, 0.3) is 0 Å². The minimum Gasteiger partial charge on any atom is -0.298 e. The first-order valence-electron chi connectivity index (χ1n) is 1.97. The summed E-state index contributed by atoms with van der Waals surface area (Å²) in [4.78, 5) is 10.1. The first-order chi connectivity index (χ1) is 2.80. The van der Waals surface area contributed by atoms with Crippen LogP contribution in [0.2, 0.25) is 0 Å². The highest BCUT2D eigenvalue weighted by molar-refractivity contribution is 6.33. The highest BCUT2D eigenvalue weighted by Gasteiger charge is 2.24. The van der Waals surface area contributed by atoms with Gasteiger partial charge in [0.2, 0.25) is 0 Å². The molecule has 0 aromatic rings. The van der Waals surface area contributed by atoms with Crippen LogP contribution in [0.25, 0.3) is 0 Å². The highest BCUT2D eigenvalue weighted by atomic mass is 35.5. The molecule has 0 amide bonds. The second-order valence-electron chi connectivity index (χ2n) is 1.47. The molecule has 1 atom stereocenters. The predicted molar refractivity (Wildman–Crippen MR) is 23.9 cm³/mol. The van der Waals surface area contributed by atoms with Gasteiger partial charge in [-0.05, 0) is 6.42 Å². The van der Waals surface area contributed by atoms with Crippen LogP contribution < -0.4 is 0 Å². The number of carbonyl (C=O) groups excluding carboxylic acids is 1. The van der Waals surface area contributed by atoms with E-state index in [4.69, 9.17) is 11.6 Å². The summed E-state index contributed by atoms with van der Waals surface area (Å²) in [6.07, 6.45) is 1.59. The minimum atomic E-state index is -0.134. The first-order valence-corrected chi connectivity index (χ1v) is 2.41. The third-order valence-corrected chi connectivity index (χ3v) is 1.46. The van der Waals surface area contributed by atoms with Crippen LogP contribution >= 0.6 is 11.6 Å². The molecular weight excluding hydrogens is 99.5 g/mol. The fourth-order valence-corrected chi connectivity index (χ4v) is 0.590. The van der Waals surface area contributed by atoms with Crippen molar-refractivity contribution in [2.24, 2.45) is 0 Å². The molecule has 6 heavy (non-hydrogen) atoms. The van der Waals surface area contributed by atoms with E-state index in [2.05, 4.69) is 0 Å². The van der Waals surface area contributed by atoms with Crippen molar-refractivity contribution in [3.63, 3.8) is 0 Å². The van der Waals surface area contributed by atoms with Crippen LogP contribution in [-0.2, 0) is 4.79 Å². The Bertz CT molecular complexity index is 79.6. The van der Waals surface area contributed by atoms with Gasteiger partial charge in [-0.1, -0.05) is 0 Å². The van der Waals surface area contributed by atoms with E-state index in [1.165, 1.54) is 0 Å². The van der Waals surface area contributed by atoms with Crippen LogP contribution in [0.15, 0.2) is 0 Å². The quantitative estimate of drug-likeness (QED) is 0.419. The van der Waals surface area contributed by atoms with Crippen LogP contribution in [0.5, 0.6) is 0 Å². The van der Waals surface area contributed by atoms with Crippen molar-refractivity contribution in [2.75, 3.05) is 0 Å². The van der Waals surface area contributed by atoms with Gasteiger partial charge in [-0.2, -0.15) is 0 Å². The number of carbonyl (C=O) groups is 1. The summed E-state index contributed by atoms with van der Waals surface area (Å²) in [5.74, 6) is 0.205. The minimum absolute atomic E-state index is 0.134. The summed E-state index contributed by atoms with van der Waals surface area (Å²) in [6, 6.07) is 0. The Morgan fingerprint density at radius 3 is 2.33 bits per heavy atom. The van der Waals surface area contributed by atoms with Crippen LogP contribution in [0, 0.1) is 0 Å². The molecule has 0 saturated heterocycles. The topological polar surface area (TPSA) is 17.1 Å². The molecule has 1 rings (SSSR count). The van der Waals surface area contributed by atoms with Crippen LogP contribution in [0.1, 0.15) is 12.8 Å². The van der Waals surface area contributed by atoms with Crippen molar-refractivity contribution in [3.8, 4) is 0 Å². The number of hydrogen-bond donors (Lipinski definition) is 0. The number of rotatable bonds is 0. The normalized spacial score (nSPS) is 32.8. The predicted octanol–water partition coefficient (Wildman–Crippen LogP) is 0.957. The number of alkyl halides is 1. The summed E-state index contributed by atoms with van der Waals surface area (Å²) in [6.45, 7) is 0. The summed E-state index contributed by atoms with van der Waals surface area (Å²) < 4.78 is 0. The number of hydrogen-bond acceptors (Lipinski definition) is 1. The smallest absolute Gasteiger partial charge is 0.150 e. The van der Waals surface area contributed by atoms with Gasteiger partial charge in [0, 0.05) is 6.42 Å². The molecule has 0 aliphatic heterocycles. The Balaban J connectivity index is 2.39. The monoisotopic (exact) mass is 104 g/mol. The van der Waals surface area contributed by atoms with E-state index in [1.807, 2.05) is 0 Å². The molecular formula is C4H5ClO. The Kier molecular flexibility index (Phi) is 0.845. The molecule has 0 bridgehead atoms. The fourth-order valence-electron chi connectivity index (χ4n) is 0.371. The molecule has 1 saturated carbocycles. The standard InChI is InChI=1S/C4H5ClO/c5-3-1-2-4(3)6/h3H,1-2H2. The third-order valence-electron chi connectivity index (χ3n) is 0.994. The van der Waals surface area contributed by atoms with E-state index in [9.17, 15) is 4.79 Å². The molecule has 0 aromatic heterocycles. The summed E-state index contributed by atoms with van der Waals surface area (Å²) in [7, 11) is 0. The van der Waals surface area contributed by atoms with Crippen LogP contribution in [-0.4, -0.2) is 11.2 Å². The lowest BCUT2D eigenvalue weighted by molar-refractivity contribution is -0.123. The van der Waals surface area contributed by atoms with Gasteiger partial charge in [0.15, 0.2) is 5.78 Å². The lowest BCUT2D eigenvalue weighted by Gasteiger charge is -2.14. The summed E-state index contributed by atoms with van der Waals surface area (Å²) >= 11 is 5.35. The Labute approximate surface area is 41.3 Å². The molecule has 1 aliphatic carbocycles. The molecule has 1 unspecified atom stereocenters. The van der Waals surface area contributed by atoms with Crippen molar-refractivity contribution in [3.05, 3.63) is 0 Å². The van der Waals surface area contributed by atoms with Crippen LogP contribution in [0.3, 0.4) is 0 Å². The van der Waals surface area contributed by atoms with Crippen molar-refractivity contribution in [1.82, 2.24) is 0 Å². The van der Waals surface area contributed by atoms with Crippen molar-refractivity contribution >= 4 is 17.4 Å². The summed E-state index contributed by atoms with van der Waals surface area (Å²) in [5.41, 5.74) is 0. The molecule has 1 fully saturated rings. The van der Waals surface area contributed by atoms with Gasteiger partial charge in [-0.15, -0.1) is 11.6 Å². The van der Waals surface area contributed by atoms with Gasteiger partial charge >= 0.3 is 0 Å². The van der Waals surface area contributed by atoms with Gasteiger partial charge in [-0.3, -0.25) is 4.79 Å². The molecule has 0 spiro atoms. The average molecular weight is 105 g/mol. The molecule has 0 aromatic carbocycles. The van der Waals surface area contributed by atoms with Crippen molar-refractivity contribution < 1.29 is 4.79 Å². The SMILES string of the molecule is O=C1CCC1Cl. The van der Waals surface area contributed by atoms with Gasteiger partial charge < -0.3 is 0 Å². The van der Waals surface area contributed by atoms with Crippen molar-refractivity contribution in [1.29, 1.82) is 0 Å². The molecule has 0 heterocycles. The maximum absolute atomic E-state index is 10.1. The maximum Gasteiger partial charge on any atom is 0.150 e. The molecule has 1 aliphatic rings. The Hall–Kier alpha value is -0.0400. The third kappa shape index (κ3) is 0.432. The maximum atomic E-state index is 10.1. The molecule has 1 nitrogen and oxygen atoms in total. The number of halogens is 1.